The third-order valence-electron chi connectivity index (χ3n) is 3.98. The largest absolute Gasteiger partial charge is 0.310 e. The molecular weight excluding hydrogens is 253 g/mol. The summed E-state index contributed by atoms with van der Waals surface area (Å²) in [5.74, 6) is -0.181. The van der Waals surface area contributed by atoms with E-state index in [0.29, 0.717) is 11.6 Å². The average Bonchev–Trinajstić information content (AvgIpc) is 3.19. The fraction of sp³-hybridized carbons (Fsp3) is 0.438. The average molecular weight is 273 g/mol. The van der Waals surface area contributed by atoms with Crippen LogP contribution in [0.1, 0.15) is 29.8 Å². The van der Waals surface area contributed by atoms with Gasteiger partial charge in [0.15, 0.2) is 0 Å². The molecule has 20 heavy (non-hydrogen) atoms. The maximum absolute atomic E-state index is 14.2. The van der Waals surface area contributed by atoms with E-state index < -0.39 is 0 Å². The molecule has 1 aliphatic rings. The molecule has 1 N–H and O–H groups in total. The third kappa shape index (κ3) is 2.48. The SMILES string of the molecule is Cc1nn(C)c(C)c1-c1cc(CNC2CC2)ccc1F. The molecule has 2 aromatic rings. The van der Waals surface area contributed by atoms with Crippen molar-refractivity contribution in [2.24, 2.45) is 7.05 Å². The van der Waals surface area contributed by atoms with Crippen molar-refractivity contribution in [3.63, 3.8) is 0 Å². The standard InChI is InChI=1S/C16H20FN3/c1-10-16(11(2)20(3)19-10)14-8-12(4-7-15(14)17)9-18-13-5-6-13/h4,7-8,13,18H,5-6,9H2,1-3H3. The molecule has 1 fully saturated rings. The Morgan fingerprint density at radius 2 is 2.10 bits per heavy atom. The molecule has 3 rings (SSSR count). The van der Waals surface area contributed by atoms with Crippen molar-refractivity contribution in [3.8, 4) is 11.1 Å². The predicted molar refractivity (Wildman–Crippen MR) is 77.9 cm³/mol. The smallest absolute Gasteiger partial charge is 0.131 e. The minimum absolute atomic E-state index is 0.181. The minimum atomic E-state index is -0.181. The van der Waals surface area contributed by atoms with E-state index in [1.165, 1.54) is 12.8 Å². The monoisotopic (exact) mass is 273 g/mol. The number of hydrogen-bond acceptors (Lipinski definition) is 2. The van der Waals surface area contributed by atoms with Crippen LogP contribution in [0.2, 0.25) is 0 Å². The second-order valence-corrected chi connectivity index (χ2v) is 5.64. The molecule has 1 aromatic heterocycles. The summed E-state index contributed by atoms with van der Waals surface area (Å²) in [7, 11) is 1.89. The molecule has 0 saturated heterocycles. The second-order valence-electron chi connectivity index (χ2n) is 5.64. The zero-order chi connectivity index (χ0) is 14.3. The normalized spacial score (nSPS) is 14.8. The first-order chi connectivity index (χ1) is 9.56. The summed E-state index contributed by atoms with van der Waals surface area (Å²) >= 11 is 0. The zero-order valence-electron chi connectivity index (χ0n) is 12.2. The first-order valence-corrected chi connectivity index (χ1v) is 7.08. The van der Waals surface area contributed by atoms with Gasteiger partial charge in [-0.3, -0.25) is 4.68 Å². The van der Waals surface area contributed by atoms with Gasteiger partial charge in [0.2, 0.25) is 0 Å². The highest BCUT2D eigenvalue weighted by Crippen LogP contribution is 2.30. The summed E-state index contributed by atoms with van der Waals surface area (Å²) in [4.78, 5) is 0. The van der Waals surface area contributed by atoms with Crippen molar-refractivity contribution in [1.82, 2.24) is 15.1 Å². The van der Waals surface area contributed by atoms with Crippen molar-refractivity contribution in [2.45, 2.75) is 39.3 Å². The molecule has 1 aromatic carbocycles. The van der Waals surface area contributed by atoms with E-state index in [2.05, 4.69) is 10.4 Å². The van der Waals surface area contributed by atoms with E-state index in [-0.39, 0.29) is 5.82 Å². The summed E-state index contributed by atoms with van der Waals surface area (Å²) in [5.41, 5.74) is 4.56. The number of rotatable bonds is 4. The third-order valence-corrected chi connectivity index (χ3v) is 3.98. The lowest BCUT2D eigenvalue weighted by atomic mass is 10.0. The molecule has 0 aliphatic heterocycles. The molecule has 0 amide bonds. The van der Waals surface area contributed by atoms with Gasteiger partial charge in [0.05, 0.1) is 5.69 Å². The van der Waals surface area contributed by atoms with Crippen molar-refractivity contribution < 1.29 is 4.39 Å². The van der Waals surface area contributed by atoms with Gasteiger partial charge in [0.25, 0.3) is 0 Å². The number of nitrogens with zero attached hydrogens (tertiary/aromatic N) is 2. The summed E-state index contributed by atoms with van der Waals surface area (Å²) in [6.45, 7) is 4.71. The second kappa shape index (κ2) is 5.02. The molecule has 0 radical (unpaired) electrons. The zero-order valence-corrected chi connectivity index (χ0v) is 12.2. The van der Waals surface area contributed by atoms with Crippen LogP contribution in [0.15, 0.2) is 18.2 Å². The molecule has 1 heterocycles. The molecule has 0 bridgehead atoms. The van der Waals surface area contributed by atoms with E-state index in [1.807, 2.05) is 33.0 Å². The topological polar surface area (TPSA) is 29.9 Å². The van der Waals surface area contributed by atoms with Crippen LogP contribution in [0, 0.1) is 19.7 Å². The Balaban J connectivity index is 1.96. The van der Waals surface area contributed by atoms with Crippen LogP contribution in [0.4, 0.5) is 4.39 Å². The lowest BCUT2D eigenvalue weighted by Crippen LogP contribution is -2.15. The van der Waals surface area contributed by atoms with Crippen LogP contribution in [0.5, 0.6) is 0 Å². The van der Waals surface area contributed by atoms with Gasteiger partial charge >= 0.3 is 0 Å². The van der Waals surface area contributed by atoms with E-state index in [9.17, 15) is 4.39 Å². The maximum atomic E-state index is 14.2. The molecular formula is C16H20FN3. The Labute approximate surface area is 118 Å². The van der Waals surface area contributed by atoms with Gasteiger partial charge in [-0.2, -0.15) is 5.10 Å². The van der Waals surface area contributed by atoms with Crippen LogP contribution in [0.25, 0.3) is 11.1 Å². The van der Waals surface area contributed by atoms with Gasteiger partial charge in [0.1, 0.15) is 5.82 Å². The number of halogens is 1. The summed E-state index contributed by atoms with van der Waals surface area (Å²) in [5, 5.41) is 7.84. The summed E-state index contributed by atoms with van der Waals surface area (Å²) < 4.78 is 16.0. The highest BCUT2D eigenvalue weighted by molar-refractivity contribution is 5.69. The van der Waals surface area contributed by atoms with Crippen LogP contribution >= 0.6 is 0 Å². The molecule has 106 valence electrons. The Kier molecular flexibility index (Phi) is 3.34. The van der Waals surface area contributed by atoms with Crippen LogP contribution in [-0.4, -0.2) is 15.8 Å². The van der Waals surface area contributed by atoms with E-state index in [1.54, 1.807) is 10.7 Å². The predicted octanol–water partition coefficient (Wildman–Crippen LogP) is 3.10. The molecule has 1 saturated carbocycles. The Hall–Kier alpha value is -1.68. The number of hydrogen-bond donors (Lipinski definition) is 1. The highest BCUT2D eigenvalue weighted by Gasteiger charge is 2.20. The lowest BCUT2D eigenvalue weighted by Gasteiger charge is -2.08. The van der Waals surface area contributed by atoms with Gasteiger partial charge in [-0.15, -0.1) is 0 Å². The van der Waals surface area contributed by atoms with Gasteiger partial charge in [-0.1, -0.05) is 6.07 Å². The highest BCUT2D eigenvalue weighted by atomic mass is 19.1. The lowest BCUT2D eigenvalue weighted by molar-refractivity contribution is 0.628. The van der Waals surface area contributed by atoms with Gasteiger partial charge in [-0.05, 0) is 44.4 Å². The van der Waals surface area contributed by atoms with Gasteiger partial charge in [-0.25, -0.2) is 4.39 Å². The van der Waals surface area contributed by atoms with Crippen molar-refractivity contribution >= 4 is 0 Å². The maximum Gasteiger partial charge on any atom is 0.131 e. The number of aromatic nitrogens is 2. The number of benzene rings is 1. The minimum Gasteiger partial charge on any atom is -0.310 e. The van der Waals surface area contributed by atoms with Crippen molar-refractivity contribution in [2.75, 3.05) is 0 Å². The van der Waals surface area contributed by atoms with E-state index in [4.69, 9.17) is 0 Å². The molecule has 4 heteroatoms. The fourth-order valence-corrected chi connectivity index (χ4v) is 2.59. The molecule has 0 spiro atoms. The van der Waals surface area contributed by atoms with E-state index >= 15 is 0 Å². The Morgan fingerprint density at radius 1 is 1.35 bits per heavy atom. The number of aryl methyl sites for hydroxylation is 2. The first kappa shape index (κ1) is 13.3. The van der Waals surface area contributed by atoms with Crippen LogP contribution < -0.4 is 5.32 Å². The Bertz CT molecular complexity index is 641. The summed E-state index contributed by atoms with van der Waals surface area (Å²) in [6.07, 6.45) is 2.52. The first-order valence-electron chi connectivity index (χ1n) is 7.08. The van der Waals surface area contributed by atoms with Gasteiger partial charge in [0, 0.05) is 36.5 Å². The summed E-state index contributed by atoms with van der Waals surface area (Å²) in [6, 6.07) is 6.02. The van der Waals surface area contributed by atoms with Crippen molar-refractivity contribution in [1.29, 1.82) is 0 Å². The van der Waals surface area contributed by atoms with Crippen LogP contribution in [0.3, 0.4) is 0 Å². The Morgan fingerprint density at radius 3 is 2.70 bits per heavy atom. The van der Waals surface area contributed by atoms with Gasteiger partial charge < -0.3 is 5.32 Å². The molecule has 0 unspecified atom stereocenters. The quantitative estimate of drug-likeness (QED) is 0.927. The molecule has 0 atom stereocenters. The van der Waals surface area contributed by atoms with E-state index in [0.717, 1.165) is 29.1 Å². The fourth-order valence-electron chi connectivity index (χ4n) is 2.59. The molecule has 3 nitrogen and oxygen atoms in total. The molecule has 1 aliphatic carbocycles. The van der Waals surface area contributed by atoms with Crippen molar-refractivity contribution in [3.05, 3.63) is 41.0 Å². The number of nitrogens with one attached hydrogen (secondary N) is 1. The van der Waals surface area contributed by atoms with Crippen LogP contribution in [-0.2, 0) is 13.6 Å².